The van der Waals surface area contributed by atoms with Crippen LogP contribution in [0, 0.1) is 0 Å². The highest BCUT2D eigenvalue weighted by Crippen LogP contribution is 2.43. The van der Waals surface area contributed by atoms with Crippen molar-refractivity contribution in [3.8, 4) is 0 Å². The van der Waals surface area contributed by atoms with Crippen LogP contribution < -0.4 is 11.5 Å². The molecule has 4 amide bonds. The second-order valence-corrected chi connectivity index (χ2v) is 8.56. The van der Waals surface area contributed by atoms with E-state index in [4.69, 9.17) is 11.5 Å². The molecule has 0 saturated heterocycles. The molecule has 0 spiro atoms. The number of fused-ring (bicyclic) bond motifs is 2. The second kappa shape index (κ2) is 7.02. The minimum atomic E-state index is -0.830. The van der Waals surface area contributed by atoms with Crippen molar-refractivity contribution in [3.63, 3.8) is 0 Å². The van der Waals surface area contributed by atoms with Crippen molar-refractivity contribution in [1.82, 2.24) is 10.0 Å². The molecule has 4 rings (SSSR count). The number of carbonyl (C=O) groups excluding carboxylic acids is 4. The summed E-state index contributed by atoms with van der Waals surface area (Å²) in [6.07, 6.45) is 1.19. The molecular formula is C18H18N4O4S2. The van der Waals surface area contributed by atoms with Gasteiger partial charge in [-0.1, -0.05) is 0 Å². The maximum absolute atomic E-state index is 12.5. The molecular weight excluding hydrogens is 400 g/mol. The number of hydrogen-bond acceptors (Lipinski definition) is 6. The van der Waals surface area contributed by atoms with Gasteiger partial charge in [0.05, 0.1) is 21.8 Å². The van der Waals surface area contributed by atoms with Gasteiger partial charge in [-0.05, 0) is 46.9 Å². The van der Waals surface area contributed by atoms with Crippen LogP contribution in [0.1, 0.15) is 68.2 Å². The molecule has 0 radical (unpaired) electrons. The molecule has 2 unspecified atom stereocenters. The van der Waals surface area contributed by atoms with Crippen LogP contribution in [0.2, 0.25) is 0 Å². The van der Waals surface area contributed by atoms with Crippen LogP contribution in [0.25, 0.3) is 0 Å². The lowest BCUT2D eigenvalue weighted by atomic mass is 9.91. The van der Waals surface area contributed by atoms with Gasteiger partial charge < -0.3 is 11.5 Å². The van der Waals surface area contributed by atoms with E-state index in [0.29, 0.717) is 33.7 Å². The van der Waals surface area contributed by atoms with Gasteiger partial charge in [-0.3, -0.25) is 9.59 Å². The van der Waals surface area contributed by atoms with E-state index in [9.17, 15) is 19.2 Å². The summed E-state index contributed by atoms with van der Waals surface area (Å²) in [5.41, 5.74) is 12.7. The fraction of sp³-hybridized carbons (Fsp3) is 0.333. The van der Waals surface area contributed by atoms with Crippen LogP contribution in [0.5, 0.6) is 0 Å². The third kappa shape index (κ3) is 2.89. The Morgan fingerprint density at radius 1 is 0.821 bits per heavy atom. The fourth-order valence-corrected chi connectivity index (χ4v) is 5.87. The lowest BCUT2D eigenvalue weighted by Gasteiger charge is -2.44. The van der Waals surface area contributed by atoms with Gasteiger partial charge >= 0.3 is 12.1 Å². The van der Waals surface area contributed by atoms with Gasteiger partial charge in [-0.15, -0.1) is 22.7 Å². The summed E-state index contributed by atoms with van der Waals surface area (Å²) in [4.78, 5) is 50.5. The van der Waals surface area contributed by atoms with E-state index >= 15 is 0 Å². The molecule has 2 aliphatic carbocycles. The highest BCUT2D eigenvalue weighted by molar-refractivity contribution is 7.12. The number of carbonyl (C=O) groups is 4. The zero-order valence-corrected chi connectivity index (χ0v) is 16.4. The number of urea groups is 2. The van der Waals surface area contributed by atoms with Crippen molar-refractivity contribution in [2.45, 2.75) is 37.8 Å². The van der Waals surface area contributed by atoms with Crippen LogP contribution in [-0.4, -0.2) is 33.6 Å². The maximum atomic E-state index is 12.5. The predicted molar refractivity (Wildman–Crippen MR) is 104 cm³/mol. The van der Waals surface area contributed by atoms with Gasteiger partial charge in [0.15, 0.2) is 11.6 Å². The standard InChI is InChI=1S/C18H18N4O4S2/c19-17(25)21(11-1-3-13(23)15-9(11)5-7-27-15)22(18(20)26)12-2-4-14(24)16-10(12)6-8-28-16/h5-8,11-12H,1-4H2,(H2,19,25)(H2,20,26). The number of nitrogens with zero attached hydrogens (tertiary/aromatic N) is 2. The second-order valence-electron chi connectivity index (χ2n) is 6.73. The summed E-state index contributed by atoms with van der Waals surface area (Å²) in [5, 5.41) is 5.90. The van der Waals surface area contributed by atoms with Crippen molar-refractivity contribution in [3.05, 3.63) is 43.8 Å². The van der Waals surface area contributed by atoms with Gasteiger partial charge in [0, 0.05) is 12.8 Å². The molecule has 8 nitrogen and oxygen atoms in total. The number of hydrazine groups is 1. The van der Waals surface area contributed by atoms with Crippen LogP contribution in [0.3, 0.4) is 0 Å². The largest absolute Gasteiger partial charge is 0.350 e. The zero-order valence-electron chi connectivity index (χ0n) is 14.8. The average Bonchev–Trinajstić information content (AvgIpc) is 3.31. The first-order chi connectivity index (χ1) is 13.4. The van der Waals surface area contributed by atoms with E-state index in [1.165, 1.54) is 32.7 Å². The van der Waals surface area contributed by atoms with Gasteiger partial charge in [-0.25, -0.2) is 19.6 Å². The van der Waals surface area contributed by atoms with Crippen LogP contribution >= 0.6 is 22.7 Å². The van der Waals surface area contributed by atoms with Crippen LogP contribution in [0.15, 0.2) is 22.9 Å². The normalized spacial score (nSPS) is 21.0. The molecule has 2 aromatic rings. The van der Waals surface area contributed by atoms with Crippen molar-refractivity contribution in [2.75, 3.05) is 0 Å². The van der Waals surface area contributed by atoms with E-state index < -0.39 is 24.1 Å². The van der Waals surface area contributed by atoms with E-state index in [0.717, 1.165) is 0 Å². The van der Waals surface area contributed by atoms with Gasteiger partial charge in [0.2, 0.25) is 0 Å². The van der Waals surface area contributed by atoms with Crippen molar-refractivity contribution in [1.29, 1.82) is 0 Å². The summed E-state index contributed by atoms with van der Waals surface area (Å²) in [5.74, 6) is 0.0272. The molecule has 28 heavy (non-hydrogen) atoms. The molecule has 4 N–H and O–H groups in total. The lowest BCUT2D eigenvalue weighted by Crippen LogP contribution is -2.57. The summed E-state index contributed by atoms with van der Waals surface area (Å²) in [6, 6.07) is 0.759. The minimum Gasteiger partial charge on any atom is -0.350 e. The summed E-state index contributed by atoms with van der Waals surface area (Å²) in [7, 11) is 0. The van der Waals surface area contributed by atoms with E-state index in [1.54, 1.807) is 22.9 Å². The molecule has 2 atom stereocenters. The van der Waals surface area contributed by atoms with E-state index in [2.05, 4.69) is 0 Å². The van der Waals surface area contributed by atoms with Gasteiger partial charge in [0.25, 0.3) is 0 Å². The van der Waals surface area contributed by atoms with Crippen LogP contribution in [0.4, 0.5) is 9.59 Å². The first-order valence-electron chi connectivity index (χ1n) is 8.78. The monoisotopic (exact) mass is 418 g/mol. The van der Waals surface area contributed by atoms with Gasteiger partial charge in [0.1, 0.15) is 0 Å². The molecule has 0 aromatic carbocycles. The Kier molecular flexibility index (Phi) is 4.68. The number of rotatable bonds is 2. The van der Waals surface area contributed by atoms with Crippen LogP contribution in [-0.2, 0) is 0 Å². The Balaban J connectivity index is 1.79. The Bertz CT molecular complexity index is 904. The van der Waals surface area contributed by atoms with Crippen molar-refractivity contribution in [2.24, 2.45) is 11.5 Å². The Morgan fingerprint density at radius 3 is 1.57 bits per heavy atom. The molecule has 2 aliphatic rings. The average molecular weight is 419 g/mol. The molecule has 0 bridgehead atoms. The molecule has 146 valence electrons. The fourth-order valence-electron chi connectivity index (χ4n) is 4.02. The molecule has 0 saturated carbocycles. The third-order valence-corrected chi connectivity index (χ3v) is 7.12. The number of hydrogen-bond donors (Lipinski definition) is 2. The lowest BCUT2D eigenvalue weighted by molar-refractivity contribution is -0.0188. The Labute approximate surface area is 168 Å². The number of amides is 4. The topological polar surface area (TPSA) is 127 Å². The number of thiophene rings is 2. The van der Waals surface area contributed by atoms with E-state index in [1.807, 2.05) is 0 Å². The third-order valence-electron chi connectivity index (χ3n) is 5.18. The SMILES string of the molecule is NC(=O)N(C1CCC(=O)c2sccc21)N(C(N)=O)C1CCC(=O)c2sccc21. The molecule has 10 heteroatoms. The van der Waals surface area contributed by atoms with Gasteiger partial charge in [-0.2, -0.15) is 0 Å². The minimum absolute atomic E-state index is 0.0136. The number of ketones is 2. The maximum Gasteiger partial charge on any atom is 0.334 e. The summed E-state index contributed by atoms with van der Waals surface area (Å²) >= 11 is 2.61. The van der Waals surface area contributed by atoms with Crippen molar-refractivity contribution < 1.29 is 19.2 Å². The highest BCUT2D eigenvalue weighted by atomic mass is 32.1. The molecule has 2 aromatic heterocycles. The first-order valence-corrected chi connectivity index (χ1v) is 10.5. The quantitative estimate of drug-likeness (QED) is 0.726. The van der Waals surface area contributed by atoms with Crippen molar-refractivity contribution >= 4 is 46.3 Å². The summed E-state index contributed by atoms with van der Waals surface area (Å²) in [6.45, 7) is 0. The number of Topliss-reactive ketones (excluding diaryl/α,β-unsaturated/α-hetero) is 2. The smallest absolute Gasteiger partial charge is 0.334 e. The zero-order chi connectivity index (χ0) is 20.0. The molecule has 0 fully saturated rings. The first kappa shape index (κ1) is 18.6. The Morgan fingerprint density at radius 2 is 1.21 bits per heavy atom. The molecule has 2 heterocycles. The molecule has 0 aliphatic heterocycles. The number of primary amides is 2. The van der Waals surface area contributed by atoms with E-state index in [-0.39, 0.29) is 24.4 Å². The summed E-state index contributed by atoms with van der Waals surface area (Å²) < 4.78 is 0. The number of nitrogens with two attached hydrogens (primary N) is 2. The Hall–Kier alpha value is -2.72. The highest BCUT2D eigenvalue weighted by Gasteiger charge is 2.42. The predicted octanol–water partition coefficient (Wildman–Crippen LogP) is 3.22.